The number of ether oxygens (including phenoxy) is 1. The van der Waals surface area contributed by atoms with Crippen LogP contribution in [0, 0.1) is 0 Å². The molecule has 0 aliphatic heterocycles. The third kappa shape index (κ3) is 4.04. The minimum absolute atomic E-state index is 0.689. The first kappa shape index (κ1) is 15.4. The molecule has 0 N–H and O–H groups in total. The fraction of sp³-hybridized carbons (Fsp3) is 0.421. The van der Waals surface area contributed by atoms with E-state index in [1.807, 2.05) is 30.1 Å². The highest BCUT2D eigenvalue weighted by molar-refractivity contribution is 7.98. The number of rotatable bonds is 5. The number of hydrogen-bond donors (Lipinski definition) is 0. The molecule has 0 spiro atoms. The van der Waals surface area contributed by atoms with Crippen molar-refractivity contribution < 1.29 is 4.74 Å². The van der Waals surface area contributed by atoms with E-state index in [0.717, 1.165) is 11.5 Å². The molecule has 1 aliphatic carbocycles. The predicted molar refractivity (Wildman–Crippen MR) is 92.6 cm³/mol. The topological polar surface area (TPSA) is 22.1 Å². The molecule has 1 aliphatic rings. The minimum atomic E-state index is 0.689. The van der Waals surface area contributed by atoms with Crippen LogP contribution in [0.25, 0.3) is 0 Å². The van der Waals surface area contributed by atoms with Crippen molar-refractivity contribution in [1.29, 1.82) is 0 Å². The Morgan fingerprint density at radius 1 is 1.05 bits per heavy atom. The molecule has 0 amide bonds. The van der Waals surface area contributed by atoms with Crippen molar-refractivity contribution in [2.45, 2.75) is 48.7 Å². The van der Waals surface area contributed by atoms with E-state index in [1.54, 1.807) is 7.11 Å². The number of aromatic nitrogens is 1. The molecule has 22 heavy (non-hydrogen) atoms. The molecule has 0 atom stereocenters. The third-order valence-corrected chi connectivity index (χ3v) is 5.40. The van der Waals surface area contributed by atoms with Crippen LogP contribution in [-0.2, 0) is 5.75 Å². The minimum Gasteiger partial charge on any atom is -0.497 e. The molecular weight excluding hydrogens is 290 g/mol. The lowest BCUT2D eigenvalue weighted by Gasteiger charge is -2.20. The second kappa shape index (κ2) is 7.68. The molecular formula is C19H23NOS. The van der Waals surface area contributed by atoms with Gasteiger partial charge in [-0.05, 0) is 42.7 Å². The Morgan fingerprint density at radius 2 is 1.82 bits per heavy atom. The van der Waals surface area contributed by atoms with E-state index in [1.165, 1.54) is 48.3 Å². The van der Waals surface area contributed by atoms with Crippen LogP contribution in [0.5, 0.6) is 5.75 Å². The van der Waals surface area contributed by atoms with Gasteiger partial charge in [0.1, 0.15) is 5.75 Å². The van der Waals surface area contributed by atoms with E-state index in [-0.39, 0.29) is 0 Å². The quantitative estimate of drug-likeness (QED) is 0.687. The molecule has 1 fully saturated rings. The van der Waals surface area contributed by atoms with Crippen molar-refractivity contribution in [2.75, 3.05) is 7.11 Å². The van der Waals surface area contributed by atoms with Crippen molar-refractivity contribution in [2.24, 2.45) is 0 Å². The summed E-state index contributed by atoms with van der Waals surface area (Å²) in [6, 6.07) is 12.7. The normalized spacial score (nSPS) is 15.7. The van der Waals surface area contributed by atoms with Crippen LogP contribution in [0.1, 0.15) is 49.3 Å². The van der Waals surface area contributed by atoms with Crippen LogP contribution >= 0.6 is 11.8 Å². The van der Waals surface area contributed by atoms with Gasteiger partial charge < -0.3 is 4.74 Å². The Labute approximate surface area is 137 Å². The lowest BCUT2D eigenvalue weighted by atomic mass is 9.87. The largest absolute Gasteiger partial charge is 0.497 e. The van der Waals surface area contributed by atoms with Gasteiger partial charge in [0.05, 0.1) is 7.11 Å². The molecule has 3 rings (SSSR count). The molecule has 1 aromatic heterocycles. The van der Waals surface area contributed by atoms with Crippen molar-refractivity contribution in [1.82, 2.24) is 4.98 Å². The van der Waals surface area contributed by atoms with Crippen molar-refractivity contribution in [3.8, 4) is 5.75 Å². The maximum atomic E-state index is 5.19. The van der Waals surface area contributed by atoms with E-state index >= 15 is 0 Å². The first-order chi connectivity index (χ1) is 10.8. The van der Waals surface area contributed by atoms with Crippen molar-refractivity contribution >= 4 is 11.8 Å². The Kier molecular flexibility index (Phi) is 5.38. The molecule has 1 aromatic carbocycles. The molecule has 2 aromatic rings. The average Bonchev–Trinajstić information content (AvgIpc) is 2.61. The predicted octanol–water partition coefficient (Wildman–Crippen LogP) is 5.43. The van der Waals surface area contributed by atoms with E-state index in [2.05, 4.69) is 24.3 Å². The zero-order valence-corrected chi connectivity index (χ0v) is 13.9. The molecule has 2 nitrogen and oxygen atoms in total. The van der Waals surface area contributed by atoms with Crippen molar-refractivity contribution in [3.05, 3.63) is 53.9 Å². The summed E-state index contributed by atoms with van der Waals surface area (Å²) in [5, 5.41) is 0. The second-order valence-electron chi connectivity index (χ2n) is 5.89. The van der Waals surface area contributed by atoms with Gasteiger partial charge in [-0.25, -0.2) is 0 Å². The smallest absolute Gasteiger partial charge is 0.118 e. The van der Waals surface area contributed by atoms with Gasteiger partial charge in [-0.15, -0.1) is 11.8 Å². The Hall–Kier alpha value is -1.48. The van der Waals surface area contributed by atoms with Gasteiger partial charge in [0.25, 0.3) is 0 Å². The molecule has 1 heterocycles. The lowest BCUT2D eigenvalue weighted by molar-refractivity contribution is 0.414. The van der Waals surface area contributed by atoms with Gasteiger partial charge in [0.15, 0.2) is 0 Å². The summed E-state index contributed by atoms with van der Waals surface area (Å²) < 4.78 is 5.19. The second-order valence-corrected chi connectivity index (χ2v) is 6.94. The number of nitrogens with zero attached hydrogens (tertiary/aromatic N) is 1. The molecule has 1 saturated carbocycles. The molecule has 0 unspecified atom stereocenters. The van der Waals surface area contributed by atoms with Crippen LogP contribution in [-0.4, -0.2) is 12.1 Å². The van der Waals surface area contributed by atoms with E-state index < -0.39 is 0 Å². The third-order valence-electron chi connectivity index (χ3n) is 4.35. The van der Waals surface area contributed by atoms with Gasteiger partial charge in [-0.1, -0.05) is 31.4 Å². The van der Waals surface area contributed by atoms with E-state index in [4.69, 9.17) is 9.72 Å². The number of pyridine rings is 1. The fourth-order valence-electron chi connectivity index (χ4n) is 3.01. The van der Waals surface area contributed by atoms with Crippen LogP contribution in [0.4, 0.5) is 0 Å². The summed E-state index contributed by atoms with van der Waals surface area (Å²) in [6.07, 6.45) is 8.78. The lowest BCUT2D eigenvalue weighted by Crippen LogP contribution is -2.06. The Bertz CT molecular complexity index is 573. The van der Waals surface area contributed by atoms with Crippen LogP contribution in [0.3, 0.4) is 0 Å². The summed E-state index contributed by atoms with van der Waals surface area (Å²) in [4.78, 5) is 5.95. The van der Waals surface area contributed by atoms with E-state index in [0.29, 0.717) is 5.92 Å². The summed E-state index contributed by atoms with van der Waals surface area (Å²) >= 11 is 1.84. The standard InChI is InChI=1S/C19H23NOS/c1-21-17-9-7-15(8-10-17)14-22-18-11-12-19(20-13-18)16-5-3-2-4-6-16/h7-13,16H,2-6,14H2,1H3. The van der Waals surface area contributed by atoms with Gasteiger partial charge in [-0.3, -0.25) is 4.98 Å². The first-order valence-electron chi connectivity index (χ1n) is 8.07. The zero-order chi connectivity index (χ0) is 15.2. The van der Waals surface area contributed by atoms with Crippen LogP contribution in [0.2, 0.25) is 0 Å². The maximum absolute atomic E-state index is 5.19. The van der Waals surface area contributed by atoms with Gasteiger partial charge >= 0.3 is 0 Å². The number of thioether (sulfide) groups is 1. The highest BCUT2D eigenvalue weighted by Gasteiger charge is 2.16. The highest BCUT2D eigenvalue weighted by atomic mass is 32.2. The monoisotopic (exact) mass is 313 g/mol. The Morgan fingerprint density at radius 3 is 2.45 bits per heavy atom. The van der Waals surface area contributed by atoms with Crippen LogP contribution < -0.4 is 4.74 Å². The molecule has 3 heteroatoms. The van der Waals surface area contributed by atoms with Crippen molar-refractivity contribution in [3.63, 3.8) is 0 Å². The molecule has 116 valence electrons. The van der Waals surface area contributed by atoms with E-state index in [9.17, 15) is 0 Å². The molecule has 0 radical (unpaired) electrons. The number of hydrogen-bond acceptors (Lipinski definition) is 3. The summed E-state index contributed by atoms with van der Waals surface area (Å²) in [5.74, 6) is 2.57. The molecule has 0 saturated heterocycles. The first-order valence-corrected chi connectivity index (χ1v) is 9.05. The summed E-state index contributed by atoms with van der Waals surface area (Å²) in [7, 11) is 1.70. The van der Waals surface area contributed by atoms with Gasteiger partial charge in [-0.2, -0.15) is 0 Å². The Balaban J connectivity index is 1.56. The number of benzene rings is 1. The fourth-order valence-corrected chi connectivity index (χ4v) is 3.82. The van der Waals surface area contributed by atoms with Gasteiger partial charge in [0, 0.05) is 28.5 Å². The average molecular weight is 313 g/mol. The van der Waals surface area contributed by atoms with Crippen LogP contribution in [0.15, 0.2) is 47.5 Å². The molecule has 0 bridgehead atoms. The summed E-state index contributed by atoms with van der Waals surface area (Å²) in [6.45, 7) is 0. The highest BCUT2D eigenvalue weighted by Crippen LogP contribution is 2.32. The van der Waals surface area contributed by atoms with Gasteiger partial charge in [0.2, 0.25) is 0 Å². The summed E-state index contributed by atoms with van der Waals surface area (Å²) in [5.41, 5.74) is 2.59. The zero-order valence-electron chi connectivity index (χ0n) is 13.1. The number of methoxy groups -OCH3 is 1. The maximum Gasteiger partial charge on any atom is 0.118 e. The SMILES string of the molecule is COc1ccc(CSc2ccc(C3CCCCC3)nc2)cc1.